The molecule has 2 aromatic carbocycles. The highest BCUT2D eigenvalue weighted by Crippen LogP contribution is 2.21. The van der Waals surface area contributed by atoms with Crippen LogP contribution in [0, 0.1) is 12.7 Å². The van der Waals surface area contributed by atoms with E-state index < -0.39 is 0 Å². The lowest BCUT2D eigenvalue weighted by atomic mass is 10.1. The summed E-state index contributed by atoms with van der Waals surface area (Å²) in [5.41, 5.74) is 4.44. The van der Waals surface area contributed by atoms with E-state index in [-0.39, 0.29) is 11.7 Å². The number of anilines is 1. The molecular weight excluding hydrogens is 275 g/mol. The smallest absolute Gasteiger partial charge is 0.255 e. The molecule has 0 atom stereocenters. The first-order valence-electron chi connectivity index (χ1n) is 6.04. The molecule has 0 fully saturated rings. The minimum atomic E-state index is -0.371. The van der Waals surface area contributed by atoms with Crippen molar-refractivity contribution in [2.45, 2.75) is 6.92 Å². The minimum Gasteiger partial charge on any atom is -0.322 e. The lowest BCUT2D eigenvalue weighted by molar-refractivity contribution is 0.102. The lowest BCUT2D eigenvalue weighted by Crippen LogP contribution is -2.12. The van der Waals surface area contributed by atoms with E-state index in [0.29, 0.717) is 11.3 Å². The summed E-state index contributed by atoms with van der Waals surface area (Å²) in [7, 11) is 0. The Balaban J connectivity index is 1.90. The van der Waals surface area contributed by atoms with Crippen LogP contribution in [0.25, 0.3) is 10.2 Å². The van der Waals surface area contributed by atoms with Gasteiger partial charge in [0.2, 0.25) is 0 Å². The maximum Gasteiger partial charge on any atom is 0.255 e. The highest BCUT2D eigenvalue weighted by Gasteiger charge is 2.10. The molecule has 3 rings (SSSR count). The van der Waals surface area contributed by atoms with Gasteiger partial charge in [-0.3, -0.25) is 4.79 Å². The van der Waals surface area contributed by atoms with E-state index in [0.717, 1.165) is 15.8 Å². The second-order valence-electron chi connectivity index (χ2n) is 4.45. The number of carbonyl (C=O) groups is 1. The molecule has 0 bridgehead atoms. The second kappa shape index (κ2) is 5.02. The fourth-order valence-electron chi connectivity index (χ4n) is 1.92. The molecule has 0 saturated carbocycles. The number of benzene rings is 2. The first-order chi connectivity index (χ1) is 9.63. The van der Waals surface area contributed by atoms with E-state index in [2.05, 4.69) is 10.3 Å². The summed E-state index contributed by atoms with van der Waals surface area (Å²) >= 11 is 1.48. The third kappa shape index (κ3) is 2.40. The number of nitrogens with zero attached hydrogens (tertiary/aromatic N) is 1. The van der Waals surface area contributed by atoms with Gasteiger partial charge >= 0.3 is 0 Å². The number of carbonyl (C=O) groups excluding carboxylic acids is 1. The number of hydrogen-bond acceptors (Lipinski definition) is 3. The van der Waals surface area contributed by atoms with Gasteiger partial charge in [0.1, 0.15) is 5.82 Å². The molecule has 0 aliphatic carbocycles. The van der Waals surface area contributed by atoms with Crippen molar-refractivity contribution in [2.75, 3.05) is 5.32 Å². The van der Waals surface area contributed by atoms with Crippen molar-refractivity contribution in [3.05, 3.63) is 58.9 Å². The molecule has 0 aliphatic heterocycles. The van der Waals surface area contributed by atoms with Crippen LogP contribution in [0.5, 0.6) is 0 Å². The molecule has 3 nitrogen and oxygen atoms in total. The first kappa shape index (κ1) is 12.7. The fraction of sp³-hybridized carbons (Fsp3) is 0.0667. The van der Waals surface area contributed by atoms with Crippen molar-refractivity contribution in [3.8, 4) is 0 Å². The van der Waals surface area contributed by atoms with Gasteiger partial charge in [-0.1, -0.05) is 6.07 Å². The first-order valence-corrected chi connectivity index (χ1v) is 6.92. The van der Waals surface area contributed by atoms with Crippen LogP contribution in [0.1, 0.15) is 15.9 Å². The highest BCUT2D eigenvalue weighted by atomic mass is 32.1. The zero-order chi connectivity index (χ0) is 14.1. The third-order valence-electron chi connectivity index (χ3n) is 3.04. The monoisotopic (exact) mass is 286 g/mol. The van der Waals surface area contributed by atoms with Gasteiger partial charge in [0, 0.05) is 11.3 Å². The van der Waals surface area contributed by atoms with Gasteiger partial charge in [-0.25, -0.2) is 9.37 Å². The topological polar surface area (TPSA) is 42.0 Å². The van der Waals surface area contributed by atoms with Gasteiger partial charge in [0.05, 0.1) is 15.7 Å². The quantitative estimate of drug-likeness (QED) is 0.773. The fourth-order valence-corrected chi connectivity index (χ4v) is 2.64. The molecule has 0 spiro atoms. The Morgan fingerprint density at radius 3 is 2.95 bits per heavy atom. The van der Waals surface area contributed by atoms with E-state index in [1.165, 1.54) is 23.5 Å². The number of hydrogen-bond donors (Lipinski definition) is 1. The molecule has 100 valence electrons. The maximum atomic E-state index is 13.2. The molecule has 20 heavy (non-hydrogen) atoms. The Morgan fingerprint density at radius 1 is 1.25 bits per heavy atom. The van der Waals surface area contributed by atoms with Gasteiger partial charge < -0.3 is 5.32 Å². The average molecular weight is 286 g/mol. The van der Waals surface area contributed by atoms with Crippen molar-refractivity contribution in [1.82, 2.24) is 4.98 Å². The Kier molecular flexibility index (Phi) is 3.20. The van der Waals surface area contributed by atoms with Crippen molar-refractivity contribution in [2.24, 2.45) is 0 Å². The van der Waals surface area contributed by atoms with Crippen LogP contribution in [0.2, 0.25) is 0 Å². The molecule has 0 unspecified atom stereocenters. The van der Waals surface area contributed by atoms with E-state index in [4.69, 9.17) is 0 Å². The van der Waals surface area contributed by atoms with Crippen LogP contribution >= 0.6 is 11.3 Å². The molecule has 0 aliphatic rings. The number of aromatic nitrogens is 1. The summed E-state index contributed by atoms with van der Waals surface area (Å²) in [6.45, 7) is 1.82. The van der Waals surface area contributed by atoms with Crippen molar-refractivity contribution >= 4 is 33.1 Å². The molecule has 5 heteroatoms. The summed E-state index contributed by atoms with van der Waals surface area (Å²) in [5.74, 6) is -0.627. The van der Waals surface area contributed by atoms with Gasteiger partial charge in [-0.05, 0) is 42.8 Å². The molecule has 1 aromatic heterocycles. The third-order valence-corrected chi connectivity index (χ3v) is 3.83. The van der Waals surface area contributed by atoms with Crippen molar-refractivity contribution < 1.29 is 9.18 Å². The standard InChI is InChI=1S/C15H11FN2OS/c1-9-2-4-11(16)7-13(9)18-15(19)10-3-5-12-14(6-10)20-8-17-12/h2-8H,1H3,(H,18,19). The van der Waals surface area contributed by atoms with Gasteiger partial charge in [-0.15, -0.1) is 11.3 Å². The van der Waals surface area contributed by atoms with E-state index >= 15 is 0 Å². The molecule has 3 aromatic rings. The largest absolute Gasteiger partial charge is 0.322 e. The number of fused-ring (bicyclic) bond motifs is 1. The Bertz CT molecular complexity index is 797. The summed E-state index contributed by atoms with van der Waals surface area (Å²) in [6.07, 6.45) is 0. The van der Waals surface area contributed by atoms with E-state index in [1.54, 1.807) is 29.8 Å². The molecule has 1 heterocycles. The summed E-state index contributed by atoms with van der Waals surface area (Å²) in [6, 6.07) is 9.63. The number of nitrogens with one attached hydrogen (secondary N) is 1. The van der Waals surface area contributed by atoms with Gasteiger partial charge in [0.25, 0.3) is 5.91 Å². The van der Waals surface area contributed by atoms with Crippen LogP contribution in [0.4, 0.5) is 10.1 Å². The van der Waals surface area contributed by atoms with Gasteiger partial charge in [0.15, 0.2) is 0 Å². The van der Waals surface area contributed by atoms with Crippen LogP contribution in [-0.2, 0) is 0 Å². The van der Waals surface area contributed by atoms with Crippen LogP contribution in [0.15, 0.2) is 41.9 Å². The molecule has 0 saturated heterocycles. The number of aryl methyl sites for hydroxylation is 1. The Morgan fingerprint density at radius 2 is 2.10 bits per heavy atom. The number of halogens is 1. The zero-order valence-corrected chi connectivity index (χ0v) is 11.5. The minimum absolute atomic E-state index is 0.256. The van der Waals surface area contributed by atoms with Crippen LogP contribution in [-0.4, -0.2) is 10.9 Å². The molecule has 1 amide bonds. The predicted molar refractivity (Wildman–Crippen MR) is 78.7 cm³/mol. The summed E-state index contributed by atoms with van der Waals surface area (Å²) in [4.78, 5) is 16.4. The lowest BCUT2D eigenvalue weighted by Gasteiger charge is -2.08. The van der Waals surface area contributed by atoms with Crippen molar-refractivity contribution in [1.29, 1.82) is 0 Å². The van der Waals surface area contributed by atoms with Gasteiger partial charge in [-0.2, -0.15) is 0 Å². The van der Waals surface area contributed by atoms with E-state index in [1.807, 2.05) is 6.92 Å². The average Bonchev–Trinajstić information content (AvgIpc) is 2.90. The molecular formula is C15H11FN2OS. The SMILES string of the molecule is Cc1ccc(F)cc1NC(=O)c1ccc2ncsc2c1. The van der Waals surface area contributed by atoms with Crippen molar-refractivity contribution in [3.63, 3.8) is 0 Å². The predicted octanol–water partition coefficient (Wildman–Crippen LogP) is 4.00. The van der Waals surface area contributed by atoms with Crippen LogP contribution in [0.3, 0.4) is 0 Å². The Hall–Kier alpha value is -2.27. The molecule has 0 radical (unpaired) electrons. The number of rotatable bonds is 2. The van der Waals surface area contributed by atoms with Crippen LogP contribution < -0.4 is 5.32 Å². The summed E-state index contributed by atoms with van der Waals surface area (Å²) < 4.78 is 14.2. The normalized spacial score (nSPS) is 10.7. The zero-order valence-electron chi connectivity index (χ0n) is 10.7. The number of thiazole rings is 1. The van der Waals surface area contributed by atoms with E-state index in [9.17, 15) is 9.18 Å². The summed E-state index contributed by atoms with van der Waals surface area (Å²) in [5, 5.41) is 2.73. The Labute approximate surface area is 119 Å². The number of amides is 1. The molecule has 1 N–H and O–H groups in total. The second-order valence-corrected chi connectivity index (χ2v) is 5.33. The maximum absolute atomic E-state index is 13.2. The highest BCUT2D eigenvalue weighted by molar-refractivity contribution is 7.16.